The van der Waals surface area contributed by atoms with E-state index in [2.05, 4.69) is 10.2 Å². The molecule has 1 rings (SSSR count). The maximum atomic E-state index is 9.25. The summed E-state index contributed by atoms with van der Waals surface area (Å²) < 4.78 is 4.75. The van der Waals surface area contributed by atoms with Gasteiger partial charge < -0.3 is 15.3 Å². The van der Waals surface area contributed by atoms with Crippen LogP contribution in [0.4, 0.5) is 6.01 Å². The van der Waals surface area contributed by atoms with Crippen LogP contribution < -0.4 is 5.73 Å². The van der Waals surface area contributed by atoms with E-state index in [0.29, 0.717) is 0 Å². The lowest BCUT2D eigenvalue weighted by atomic mass is 10.1. The molecule has 0 atom stereocenters. The van der Waals surface area contributed by atoms with Crippen molar-refractivity contribution in [3.05, 3.63) is 5.89 Å². The first-order chi connectivity index (χ1) is 4.50. The number of anilines is 1. The Morgan fingerprint density at radius 1 is 1.50 bits per heavy atom. The van der Waals surface area contributed by atoms with Crippen LogP contribution in [0.3, 0.4) is 0 Å². The summed E-state index contributed by atoms with van der Waals surface area (Å²) >= 11 is 0. The van der Waals surface area contributed by atoms with Crippen LogP contribution in [-0.2, 0) is 5.60 Å². The molecule has 0 radical (unpaired) electrons. The molecule has 0 fully saturated rings. The molecule has 56 valence electrons. The van der Waals surface area contributed by atoms with Gasteiger partial charge in [-0.05, 0) is 13.8 Å². The number of nitrogens with zero attached hydrogens (tertiary/aromatic N) is 2. The molecule has 0 spiro atoms. The molecule has 5 heteroatoms. The Morgan fingerprint density at radius 2 is 2.10 bits per heavy atom. The molecule has 0 bridgehead atoms. The van der Waals surface area contributed by atoms with Gasteiger partial charge in [-0.2, -0.15) is 0 Å². The van der Waals surface area contributed by atoms with E-state index in [1.807, 2.05) is 0 Å². The summed E-state index contributed by atoms with van der Waals surface area (Å²) in [7, 11) is 0. The maximum absolute atomic E-state index is 9.25. The first kappa shape index (κ1) is 7.01. The zero-order chi connectivity index (χ0) is 7.78. The van der Waals surface area contributed by atoms with Gasteiger partial charge in [0.15, 0.2) is 0 Å². The monoisotopic (exact) mass is 143 g/mol. The highest BCUT2D eigenvalue weighted by Crippen LogP contribution is 2.17. The minimum atomic E-state index is -1.11. The summed E-state index contributed by atoms with van der Waals surface area (Å²) in [6.45, 7) is 3.08. The van der Waals surface area contributed by atoms with Crippen molar-refractivity contribution in [2.24, 2.45) is 0 Å². The van der Waals surface area contributed by atoms with Crippen LogP contribution >= 0.6 is 0 Å². The predicted molar refractivity (Wildman–Crippen MR) is 34.0 cm³/mol. The van der Waals surface area contributed by atoms with Gasteiger partial charge in [0.05, 0.1) is 0 Å². The molecule has 0 aliphatic carbocycles. The Bertz CT molecular complexity index is 225. The Morgan fingerprint density at radius 3 is 2.30 bits per heavy atom. The molecule has 0 aromatic carbocycles. The number of hydrogen-bond donors (Lipinski definition) is 2. The van der Waals surface area contributed by atoms with Crippen molar-refractivity contribution in [3.8, 4) is 0 Å². The van der Waals surface area contributed by atoms with Crippen molar-refractivity contribution in [3.63, 3.8) is 0 Å². The van der Waals surface area contributed by atoms with E-state index in [-0.39, 0.29) is 11.9 Å². The second kappa shape index (κ2) is 1.95. The average Bonchev–Trinajstić information content (AvgIpc) is 2.11. The summed E-state index contributed by atoms with van der Waals surface area (Å²) in [5, 5.41) is 16.1. The highest BCUT2D eigenvalue weighted by Gasteiger charge is 2.22. The smallest absolute Gasteiger partial charge is 0.312 e. The van der Waals surface area contributed by atoms with Crippen LogP contribution in [0.15, 0.2) is 4.42 Å². The standard InChI is InChI=1S/C5H9N3O2/c1-5(2,9)3-7-8-4(6)10-3/h9H,1-2H3,(H2,6,8). The van der Waals surface area contributed by atoms with Gasteiger partial charge in [-0.3, -0.25) is 0 Å². The zero-order valence-corrected chi connectivity index (χ0v) is 5.83. The molecule has 0 amide bonds. The molecule has 0 aliphatic heterocycles. The molecule has 0 saturated carbocycles. The second-order valence-corrected chi connectivity index (χ2v) is 2.50. The van der Waals surface area contributed by atoms with E-state index in [1.54, 1.807) is 13.8 Å². The lowest BCUT2D eigenvalue weighted by molar-refractivity contribution is 0.0489. The molecular formula is C5H9N3O2. The normalized spacial score (nSPS) is 11.9. The topological polar surface area (TPSA) is 85.2 Å². The summed E-state index contributed by atoms with van der Waals surface area (Å²) in [4.78, 5) is 0. The quantitative estimate of drug-likeness (QED) is 0.572. The summed E-state index contributed by atoms with van der Waals surface area (Å²) in [5.41, 5.74) is 4.02. The van der Waals surface area contributed by atoms with Crippen molar-refractivity contribution < 1.29 is 9.52 Å². The third kappa shape index (κ3) is 1.24. The van der Waals surface area contributed by atoms with Crippen molar-refractivity contribution in [2.75, 3.05) is 5.73 Å². The molecule has 3 N–H and O–H groups in total. The number of nitrogen functional groups attached to an aromatic ring is 1. The highest BCUT2D eigenvalue weighted by atomic mass is 16.4. The fraction of sp³-hybridized carbons (Fsp3) is 0.600. The Kier molecular flexibility index (Phi) is 1.37. The maximum Gasteiger partial charge on any atom is 0.312 e. The molecule has 10 heavy (non-hydrogen) atoms. The first-order valence-corrected chi connectivity index (χ1v) is 2.82. The van der Waals surface area contributed by atoms with E-state index in [9.17, 15) is 5.11 Å². The first-order valence-electron chi connectivity index (χ1n) is 2.82. The van der Waals surface area contributed by atoms with Gasteiger partial charge in [-0.25, -0.2) is 0 Å². The van der Waals surface area contributed by atoms with Gasteiger partial charge in [-0.15, -0.1) is 5.10 Å². The highest BCUT2D eigenvalue weighted by molar-refractivity contribution is 5.07. The van der Waals surface area contributed by atoms with Gasteiger partial charge in [0.2, 0.25) is 5.89 Å². The van der Waals surface area contributed by atoms with Gasteiger partial charge in [0.1, 0.15) is 5.60 Å². The fourth-order valence-electron chi connectivity index (χ4n) is 0.482. The molecule has 1 aromatic heterocycles. The molecule has 0 unspecified atom stereocenters. The zero-order valence-electron chi connectivity index (χ0n) is 5.83. The SMILES string of the molecule is CC(C)(O)c1nnc(N)o1. The lowest BCUT2D eigenvalue weighted by Gasteiger charge is -2.09. The molecule has 1 aromatic rings. The Balaban J connectivity index is 2.96. The Hall–Kier alpha value is -1.10. The average molecular weight is 143 g/mol. The van der Waals surface area contributed by atoms with Crippen molar-refractivity contribution in [1.29, 1.82) is 0 Å². The molecular weight excluding hydrogens is 134 g/mol. The number of aliphatic hydroxyl groups is 1. The van der Waals surface area contributed by atoms with E-state index in [1.165, 1.54) is 0 Å². The third-order valence-electron chi connectivity index (χ3n) is 0.964. The van der Waals surface area contributed by atoms with Crippen molar-refractivity contribution >= 4 is 6.01 Å². The van der Waals surface area contributed by atoms with Crippen LogP contribution in [0, 0.1) is 0 Å². The number of rotatable bonds is 1. The minimum absolute atomic E-state index is 0.0304. The molecule has 0 saturated heterocycles. The second-order valence-electron chi connectivity index (χ2n) is 2.50. The third-order valence-corrected chi connectivity index (χ3v) is 0.964. The fourth-order valence-corrected chi connectivity index (χ4v) is 0.482. The number of hydrogen-bond acceptors (Lipinski definition) is 5. The van der Waals surface area contributed by atoms with Crippen LogP contribution in [0.1, 0.15) is 19.7 Å². The van der Waals surface area contributed by atoms with Crippen molar-refractivity contribution in [1.82, 2.24) is 10.2 Å². The minimum Gasteiger partial charge on any atom is -0.405 e. The van der Waals surface area contributed by atoms with E-state index in [4.69, 9.17) is 10.2 Å². The lowest BCUT2D eigenvalue weighted by Crippen LogP contribution is -2.15. The summed E-state index contributed by atoms with van der Waals surface area (Å²) in [6.07, 6.45) is 0. The van der Waals surface area contributed by atoms with Crippen LogP contribution in [-0.4, -0.2) is 15.3 Å². The largest absolute Gasteiger partial charge is 0.405 e. The molecule has 1 heterocycles. The van der Waals surface area contributed by atoms with E-state index in [0.717, 1.165) is 0 Å². The van der Waals surface area contributed by atoms with Gasteiger partial charge in [0.25, 0.3) is 0 Å². The molecule has 5 nitrogen and oxygen atoms in total. The number of aromatic nitrogens is 2. The number of nitrogens with two attached hydrogens (primary N) is 1. The van der Waals surface area contributed by atoms with Gasteiger partial charge >= 0.3 is 6.01 Å². The van der Waals surface area contributed by atoms with E-state index >= 15 is 0 Å². The predicted octanol–water partition coefficient (Wildman–Crippen LogP) is -0.121. The summed E-state index contributed by atoms with van der Waals surface area (Å²) in [6, 6.07) is -0.0304. The van der Waals surface area contributed by atoms with E-state index < -0.39 is 5.60 Å². The molecule has 0 aliphatic rings. The summed E-state index contributed by atoms with van der Waals surface area (Å²) in [5.74, 6) is 0.130. The van der Waals surface area contributed by atoms with Gasteiger partial charge in [-0.1, -0.05) is 5.10 Å². The Labute approximate surface area is 57.9 Å². The van der Waals surface area contributed by atoms with Crippen LogP contribution in [0.25, 0.3) is 0 Å². The van der Waals surface area contributed by atoms with Crippen molar-refractivity contribution in [2.45, 2.75) is 19.4 Å². The van der Waals surface area contributed by atoms with Gasteiger partial charge in [0, 0.05) is 0 Å². The van der Waals surface area contributed by atoms with Crippen LogP contribution in [0.2, 0.25) is 0 Å². The van der Waals surface area contributed by atoms with Crippen LogP contribution in [0.5, 0.6) is 0 Å².